The SMILES string of the molecule is Bc1cc2ccccc2c2ccccc12. The molecule has 0 bridgehead atoms. The molecule has 0 fully saturated rings. The van der Waals surface area contributed by atoms with Crippen LogP contribution in [0.1, 0.15) is 0 Å². The lowest BCUT2D eigenvalue weighted by Crippen LogP contribution is -2.03. The van der Waals surface area contributed by atoms with Crippen LogP contribution in [-0.4, -0.2) is 7.85 Å². The van der Waals surface area contributed by atoms with Gasteiger partial charge in [-0.2, -0.15) is 0 Å². The third-order valence-electron chi connectivity index (χ3n) is 2.97. The molecule has 0 heterocycles. The lowest BCUT2D eigenvalue weighted by Gasteiger charge is -2.06. The second kappa shape index (κ2) is 3.13. The largest absolute Gasteiger partial charge is 0.140 e. The van der Waals surface area contributed by atoms with E-state index in [0.717, 1.165) is 0 Å². The van der Waals surface area contributed by atoms with Crippen LogP contribution in [0.4, 0.5) is 0 Å². The van der Waals surface area contributed by atoms with Gasteiger partial charge in [0.1, 0.15) is 7.85 Å². The van der Waals surface area contributed by atoms with Crippen molar-refractivity contribution in [1.82, 2.24) is 0 Å². The normalized spacial score (nSPS) is 10.9. The molecular weight excluding hydrogens is 179 g/mol. The van der Waals surface area contributed by atoms with Crippen LogP contribution < -0.4 is 5.46 Å². The Morgan fingerprint density at radius 2 is 1.27 bits per heavy atom. The molecule has 0 nitrogen and oxygen atoms in total. The van der Waals surface area contributed by atoms with Gasteiger partial charge in [-0.3, -0.25) is 0 Å². The van der Waals surface area contributed by atoms with E-state index >= 15 is 0 Å². The lowest BCUT2D eigenvalue weighted by atomic mass is 9.87. The summed E-state index contributed by atoms with van der Waals surface area (Å²) < 4.78 is 0. The maximum absolute atomic E-state index is 2.26. The minimum Gasteiger partial charge on any atom is -0.0806 e. The highest BCUT2D eigenvalue weighted by Crippen LogP contribution is 2.22. The van der Waals surface area contributed by atoms with E-state index in [9.17, 15) is 0 Å². The summed E-state index contributed by atoms with van der Waals surface area (Å²) >= 11 is 0. The first-order valence-electron chi connectivity index (χ1n) is 5.23. The van der Waals surface area contributed by atoms with E-state index in [4.69, 9.17) is 0 Å². The minimum absolute atomic E-state index is 1.33. The smallest absolute Gasteiger partial charge is 0.0806 e. The molecule has 0 saturated carbocycles. The second-order valence-electron chi connectivity index (χ2n) is 3.96. The van der Waals surface area contributed by atoms with Crippen LogP contribution in [0, 0.1) is 0 Å². The number of benzene rings is 3. The highest BCUT2D eigenvalue weighted by atomic mass is 14.0. The first-order chi connectivity index (χ1) is 7.36. The molecule has 1 heteroatoms. The molecule has 15 heavy (non-hydrogen) atoms. The summed E-state index contributed by atoms with van der Waals surface area (Å²) in [6.07, 6.45) is 0. The maximum Gasteiger partial charge on any atom is 0.140 e. The second-order valence-corrected chi connectivity index (χ2v) is 3.96. The van der Waals surface area contributed by atoms with E-state index in [1.165, 1.54) is 27.0 Å². The van der Waals surface area contributed by atoms with E-state index in [1.807, 2.05) is 0 Å². The molecule has 0 unspecified atom stereocenters. The van der Waals surface area contributed by atoms with Gasteiger partial charge in [-0.1, -0.05) is 60.1 Å². The van der Waals surface area contributed by atoms with Crippen molar-refractivity contribution in [2.75, 3.05) is 0 Å². The molecule has 3 rings (SSSR count). The first kappa shape index (κ1) is 8.54. The Morgan fingerprint density at radius 3 is 2.07 bits per heavy atom. The Morgan fingerprint density at radius 1 is 0.667 bits per heavy atom. The molecule has 0 aliphatic heterocycles. The Bertz CT molecular complexity index is 641. The molecule has 0 spiro atoms. The third-order valence-corrected chi connectivity index (χ3v) is 2.97. The zero-order valence-corrected chi connectivity index (χ0v) is 8.70. The molecule has 3 aromatic rings. The Kier molecular flexibility index (Phi) is 1.78. The molecule has 0 aromatic heterocycles. The molecule has 0 N–H and O–H groups in total. The average molecular weight is 190 g/mol. The Balaban J connectivity index is 2.64. The molecule has 0 atom stereocenters. The fraction of sp³-hybridized carbons (Fsp3) is 0. The standard InChI is InChI=1S/C14H11B/c15-14-9-10-5-1-2-6-11(10)12-7-3-4-8-13(12)14/h1-9H,15H2. The highest BCUT2D eigenvalue weighted by molar-refractivity contribution is 6.41. The fourth-order valence-corrected chi connectivity index (χ4v) is 2.24. The zero-order chi connectivity index (χ0) is 10.3. The number of rotatable bonds is 0. The third kappa shape index (κ3) is 1.24. The van der Waals surface area contributed by atoms with E-state index in [2.05, 4.69) is 62.4 Å². The zero-order valence-electron chi connectivity index (χ0n) is 8.70. The summed E-state index contributed by atoms with van der Waals surface area (Å²) in [4.78, 5) is 0. The van der Waals surface area contributed by atoms with Crippen LogP contribution in [0.2, 0.25) is 0 Å². The van der Waals surface area contributed by atoms with E-state index in [1.54, 1.807) is 0 Å². The van der Waals surface area contributed by atoms with Gasteiger partial charge in [0.25, 0.3) is 0 Å². The number of hydrogen-bond acceptors (Lipinski definition) is 0. The van der Waals surface area contributed by atoms with Crippen LogP contribution in [0.3, 0.4) is 0 Å². The molecule has 70 valence electrons. The van der Waals surface area contributed by atoms with Gasteiger partial charge in [-0.25, -0.2) is 0 Å². The van der Waals surface area contributed by atoms with Gasteiger partial charge >= 0.3 is 0 Å². The summed E-state index contributed by atoms with van der Waals surface area (Å²) in [5.41, 5.74) is 1.35. The average Bonchev–Trinajstić information content (AvgIpc) is 2.30. The summed E-state index contributed by atoms with van der Waals surface area (Å²) in [5, 5.41) is 5.39. The summed E-state index contributed by atoms with van der Waals surface area (Å²) in [5.74, 6) is 0. The van der Waals surface area contributed by atoms with Crippen molar-refractivity contribution in [3.63, 3.8) is 0 Å². The molecule has 3 aromatic carbocycles. The molecule has 0 aliphatic carbocycles. The van der Waals surface area contributed by atoms with Gasteiger partial charge in [0.15, 0.2) is 0 Å². The monoisotopic (exact) mass is 190 g/mol. The van der Waals surface area contributed by atoms with Crippen LogP contribution in [0.5, 0.6) is 0 Å². The van der Waals surface area contributed by atoms with Crippen molar-refractivity contribution in [2.24, 2.45) is 0 Å². The first-order valence-corrected chi connectivity index (χ1v) is 5.23. The van der Waals surface area contributed by atoms with Crippen molar-refractivity contribution in [3.8, 4) is 0 Å². The summed E-state index contributed by atoms with van der Waals surface area (Å²) in [6.45, 7) is 0. The summed E-state index contributed by atoms with van der Waals surface area (Å²) in [6, 6.07) is 19.4. The number of fused-ring (bicyclic) bond motifs is 3. The van der Waals surface area contributed by atoms with Crippen molar-refractivity contribution in [2.45, 2.75) is 0 Å². The maximum atomic E-state index is 2.26. The Hall–Kier alpha value is -1.76. The van der Waals surface area contributed by atoms with Crippen molar-refractivity contribution < 1.29 is 0 Å². The van der Waals surface area contributed by atoms with Crippen LogP contribution >= 0.6 is 0 Å². The van der Waals surface area contributed by atoms with Crippen LogP contribution in [-0.2, 0) is 0 Å². The quantitative estimate of drug-likeness (QED) is 0.376. The van der Waals surface area contributed by atoms with Gasteiger partial charge in [0.2, 0.25) is 0 Å². The van der Waals surface area contributed by atoms with Crippen molar-refractivity contribution in [1.29, 1.82) is 0 Å². The van der Waals surface area contributed by atoms with Gasteiger partial charge in [0, 0.05) is 0 Å². The van der Waals surface area contributed by atoms with Crippen LogP contribution in [0.15, 0.2) is 54.6 Å². The predicted molar refractivity (Wildman–Crippen MR) is 69.6 cm³/mol. The van der Waals surface area contributed by atoms with Gasteiger partial charge in [-0.05, 0) is 21.5 Å². The van der Waals surface area contributed by atoms with Crippen molar-refractivity contribution >= 4 is 34.9 Å². The molecule has 0 saturated heterocycles. The fourth-order valence-electron chi connectivity index (χ4n) is 2.24. The minimum atomic E-state index is 1.33. The molecule has 0 amide bonds. The molecule has 0 aliphatic rings. The lowest BCUT2D eigenvalue weighted by molar-refractivity contribution is 1.78. The predicted octanol–water partition coefficient (Wildman–Crippen LogP) is 2.25. The topological polar surface area (TPSA) is 0 Å². The van der Waals surface area contributed by atoms with E-state index in [-0.39, 0.29) is 0 Å². The summed E-state index contributed by atoms with van der Waals surface area (Å²) in [7, 11) is 2.18. The molecular formula is C14H11B. The number of hydrogen-bond donors (Lipinski definition) is 0. The Labute approximate surface area is 89.9 Å². The van der Waals surface area contributed by atoms with E-state index < -0.39 is 0 Å². The van der Waals surface area contributed by atoms with Gasteiger partial charge in [-0.15, -0.1) is 0 Å². The molecule has 0 radical (unpaired) electrons. The van der Waals surface area contributed by atoms with Gasteiger partial charge < -0.3 is 0 Å². The van der Waals surface area contributed by atoms with Crippen LogP contribution in [0.25, 0.3) is 21.5 Å². The van der Waals surface area contributed by atoms with Crippen molar-refractivity contribution in [3.05, 3.63) is 54.6 Å². The van der Waals surface area contributed by atoms with Gasteiger partial charge in [0.05, 0.1) is 0 Å². The highest BCUT2D eigenvalue weighted by Gasteiger charge is 2.01. The van der Waals surface area contributed by atoms with E-state index in [0.29, 0.717) is 0 Å².